The standard InChI is InChI=1S/C18H22BNO2/c1-13-10-14(16-8-6-7-9-20-16)12-15(11-13)19-21-17(2,3)18(4,5)22-19/h6-12H,1-5H3. The summed E-state index contributed by atoms with van der Waals surface area (Å²) >= 11 is 0. The first-order chi connectivity index (χ1) is 10.3. The van der Waals surface area contributed by atoms with Crippen LogP contribution >= 0.6 is 0 Å². The van der Waals surface area contributed by atoms with Gasteiger partial charge in [-0.05, 0) is 58.3 Å². The summed E-state index contributed by atoms with van der Waals surface area (Å²) in [5.41, 5.74) is 3.61. The number of nitrogens with zero attached hydrogens (tertiary/aromatic N) is 1. The molecule has 114 valence electrons. The minimum atomic E-state index is -0.340. The first-order valence-electron chi connectivity index (χ1n) is 7.67. The maximum absolute atomic E-state index is 6.15. The van der Waals surface area contributed by atoms with E-state index in [1.165, 1.54) is 5.56 Å². The van der Waals surface area contributed by atoms with Gasteiger partial charge >= 0.3 is 7.12 Å². The monoisotopic (exact) mass is 295 g/mol. The Labute approximate surface area is 132 Å². The van der Waals surface area contributed by atoms with E-state index in [9.17, 15) is 0 Å². The van der Waals surface area contributed by atoms with Gasteiger partial charge in [-0.3, -0.25) is 4.98 Å². The van der Waals surface area contributed by atoms with Crippen LogP contribution in [-0.2, 0) is 9.31 Å². The minimum absolute atomic E-state index is 0.327. The van der Waals surface area contributed by atoms with Gasteiger partial charge in [-0.15, -0.1) is 0 Å². The van der Waals surface area contributed by atoms with Crippen LogP contribution in [0, 0.1) is 6.92 Å². The van der Waals surface area contributed by atoms with E-state index in [1.54, 1.807) is 0 Å². The highest BCUT2D eigenvalue weighted by Crippen LogP contribution is 2.36. The highest BCUT2D eigenvalue weighted by molar-refractivity contribution is 6.62. The van der Waals surface area contributed by atoms with Crippen molar-refractivity contribution in [3.05, 3.63) is 48.2 Å². The van der Waals surface area contributed by atoms with Crippen molar-refractivity contribution in [2.24, 2.45) is 0 Å². The summed E-state index contributed by atoms with van der Waals surface area (Å²) in [4.78, 5) is 4.43. The third-order valence-corrected chi connectivity index (χ3v) is 4.59. The zero-order valence-electron chi connectivity index (χ0n) is 13.9. The van der Waals surface area contributed by atoms with Crippen LogP contribution in [0.3, 0.4) is 0 Å². The third-order valence-electron chi connectivity index (χ3n) is 4.59. The van der Waals surface area contributed by atoms with Crippen molar-refractivity contribution < 1.29 is 9.31 Å². The Hall–Kier alpha value is -1.65. The first-order valence-corrected chi connectivity index (χ1v) is 7.67. The van der Waals surface area contributed by atoms with Crippen molar-refractivity contribution in [3.63, 3.8) is 0 Å². The van der Waals surface area contributed by atoms with E-state index in [1.807, 2.05) is 24.4 Å². The Bertz CT molecular complexity index is 667. The van der Waals surface area contributed by atoms with Gasteiger partial charge in [-0.2, -0.15) is 0 Å². The second kappa shape index (κ2) is 5.22. The molecule has 1 aliphatic heterocycles. The van der Waals surface area contributed by atoms with E-state index in [4.69, 9.17) is 9.31 Å². The molecule has 3 rings (SSSR count). The summed E-state index contributed by atoms with van der Waals surface area (Å²) in [7, 11) is -0.340. The molecule has 0 spiro atoms. The number of aryl methyl sites for hydroxylation is 1. The van der Waals surface area contributed by atoms with Gasteiger partial charge in [-0.1, -0.05) is 23.8 Å². The van der Waals surface area contributed by atoms with Crippen molar-refractivity contribution in [2.45, 2.75) is 45.8 Å². The average molecular weight is 295 g/mol. The molecule has 0 aliphatic carbocycles. The number of benzene rings is 1. The van der Waals surface area contributed by atoms with E-state index < -0.39 is 0 Å². The number of hydrogen-bond donors (Lipinski definition) is 0. The zero-order chi connectivity index (χ0) is 16.0. The summed E-state index contributed by atoms with van der Waals surface area (Å²) in [6.07, 6.45) is 1.81. The van der Waals surface area contributed by atoms with Gasteiger partial charge in [0.2, 0.25) is 0 Å². The molecule has 0 saturated carbocycles. The number of hydrogen-bond acceptors (Lipinski definition) is 3. The summed E-state index contributed by atoms with van der Waals surface area (Å²) in [5, 5.41) is 0. The first kappa shape index (κ1) is 15.3. The Kier molecular flexibility index (Phi) is 3.62. The Balaban J connectivity index is 1.98. The van der Waals surface area contributed by atoms with Crippen molar-refractivity contribution in [3.8, 4) is 11.3 Å². The number of aromatic nitrogens is 1. The van der Waals surface area contributed by atoms with Gasteiger partial charge in [0.15, 0.2) is 0 Å². The lowest BCUT2D eigenvalue weighted by Crippen LogP contribution is -2.41. The van der Waals surface area contributed by atoms with Gasteiger partial charge < -0.3 is 9.31 Å². The topological polar surface area (TPSA) is 31.4 Å². The fourth-order valence-corrected chi connectivity index (χ4v) is 2.61. The third kappa shape index (κ3) is 2.69. The van der Waals surface area contributed by atoms with E-state index in [0.717, 1.165) is 16.7 Å². The predicted molar refractivity (Wildman–Crippen MR) is 90.1 cm³/mol. The molecule has 0 unspecified atom stereocenters. The lowest BCUT2D eigenvalue weighted by Gasteiger charge is -2.32. The average Bonchev–Trinajstić information content (AvgIpc) is 2.68. The molecule has 1 fully saturated rings. The van der Waals surface area contributed by atoms with Crippen LogP contribution in [0.4, 0.5) is 0 Å². The highest BCUT2D eigenvalue weighted by atomic mass is 16.7. The maximum atomic E-state index is 6.15. The Morgan fingerprint density at radius 2 is 1.64 bits per heavy atom. The summed E-state index contributed by atoms with van der Waals surface area (Å²) in [5.74, 6) is 0. The molecule has 1 aromatic heterocycles. The summed E-state index contributed by atoms with van der Waals surface area (Å²) in [6.45, 7) is 10.4. The second-order valence-electron chi connectivity index (χ2n) is 6.94. The molecule has 2 heterocycles. The lowest BCUT2D eigenvalue weighted by molar-refractivity contribution is 0.00578. The molecule has 4 heteroatoms. The van der Waals surface area contributed by atoms with E-state index in [0.29, 0.717) is 0 Å². The van der Waals surface area contributed by atoms with Gasteiger partial charge in [0, 0.05) is 11.8 Å². The SMILES string of the molecule is Cc1cc(B2OC(C)(C)C(C)(C)O2)cc(-c2ccccn2)c1. The maximum Gasteiger partial charge on any atom is 0.494 e. The van der Waals surface area contributed by atoms with Crippen LogP contribution in [0.5, 0.6) is 0 Å². The summed E-state index contributed by atoms with van der Waals surface area (Å²) in [6, 6.07) is 12.3. The van der Waals surface area contributed by atoms with Crippen LogP contribution in [0.1, 0.15) is 33.3 Å². The zero-order valence-corrected chi connectivity index (χ0v) is 13.9. The molecule has 0 N–H and O–H groups in total. The molecule has 0 amide bonds. The predicted octanol–water partition coefficient (Wildman–Crippen LogP) is 3.36. The minimum Gasteiger partial charge on any atom is -0.399 e. The quantitative estimate of drug-likeness (QED) is 0.796. The van der Waals surface area contributed by atoms with Crippen LogP contribution < -0.4 is 5.46 Å². The van der Waals surface area contributed by atoms with Gasteiger partial charge in [0.25, 0.3) is 0 Å². The van der Waals surface area contributed by atoms with Crippen LogP contribution in [0.2, 0.25) is 0 Å². The fourth-order valence-electron chi connectivity index (χ4n) is 2.61. The molecule has 2 aromatic rings. The van der Waals surface area contributed by atoms with Crippen molar-refractivity contribution in [1.29, 1.82) is 0 Å². The molecular weight excluding hydrogens is 273 g/mol. The lowest BCUT2D eigenvalue weighted by atomic mass is 9.77. The molecule has 22 heavy (non-hydrogen) atoms. The molecule has 3 nitrogen and oxygen atoms in total. The highest BCUT2D eigenvalue weighted by Gasteiger charge is 2.51. The van der Waals surface area contributed by atoms with E-state index >= 15 is 0 Å². The number of pyridine rings is 1. The van der Waals surface area contributed by atoms with Crippen LogP contribution in [0.25, 0.3) is 11.3 Å². The molecule has 0 atom stereocenters. The number of rotatable bonds is 2. The normalized spacial score (nSPS) is 19.4. The van der Waals surface area contributed by atoms with Crippen LogP contribution in [-0.4, -0.2) is 23.3 Å². The molecule has 1 aromatic carbocycles. The van der Waals surface area contributed by atoms with E-state index in [2.05, 4.69) is 57.8 Å². The van der Waals surface area contributed by atoms with Gasteiger partial charge in [-0.25, -0.2) is 0 Å². The molecule has 1 saturated heterocycles. The van der Waals surface area contributed by atoms with E-state index in [-0.39, 0.29) is 18.3 Å². The second-order valence-corrected chi connectivity index (χ2v) is 6.94. The summed E-state index contributed by atoms with van der Waals surface area (Å²) < 4.78 is 12.3. The molecule has 1 aliphatic rings. The fraction of sp³-hybridized carbons (Fsp3) is 0.389. The smallest absolute Gasteiger partial charge is 0.399 e. The molecule has 0 bridgehead atoms. The van der Waals surface area contributed by atoms with Crippen molar-refractivity contribution in [1.82, 2.24) is 4.98 Å². The molecule has 0 radical (unpaired) electrons. The van der Waals surface area contributed by atoms with Gasteiger partial charge in [0.05, 0.1) is 16.9 Å². The Morgan fingerprint density at radius 1 is 0.955 bits per heavy atom. The van der Waals surface area contributed by atoms with Crippen molar-refractivity contribution in [2.75, 3.05) is 0 Å². The van der Waals surface area contributed by atoms with Crippen LogP contribution in [0.15, 0.2) is 42.6 Å². The van der Waals surface area contributed by atoms with Crippen molar-refractivity contribution >= 4 is 12.6 Å². The Morgan fingerprint density at radius 3 is 2.23 bits per heavy atom. The molecular formula is C18H22BNO2. The largest absolute Gasteiger partial charge is 0.494 e. The van der Waals surface area contributed by atoms with Gasteiger partial charge in [0.1, 0.15) is 0 Å².